The number of carbonyl (C=O) groups excluding carboxylic acids is 1. The van der Waals surface area contributed by atoms with E-state index in [0.29, 0.717) is 5.02 Å². The third-order valence-electron chi connectivity index (χ3n) is 3.84. The van der Waals surface area contributed by atoms with Gasteiger partial charge in [0.15, 0.2) is 8.76 Å². The fraction of sp³-hybridized carbons (Fsp3) is 0.0556. The van der Waals surface area contributed by atoms with E-state index in [1.54, 1.807) is 12.1 Å². The van der Waals surface area contributed by atoms with E-state index < -0.39 is 23.6 Å². The Labute approximate surface area is 191 Å². The molecule has 2 aromatic carbocycles. The number of esters is 1. The Morgan fingerprint density at radius 2 is 1.57 bits per heavy atom. The number of hydrogen-bond acceptors (Lipinski definition) is 7. The summed E-state index contributed by atoms with van der Waals surface area (Å²) in [4.78, 5) is 11.7. The van der Waals surface area contributed by atoms with E-state index >= 15 is 0 Å². The van der Waals surface area contributed by atoms with E-state index in [9.17, 15) is 17.4 Å². The van der Waals surface area contributed by atoms with Crippen LogP contribution in [0.1, 0.15) is 10.4 Å². The Morgan fingerprint density at radius 1 is 0.967 bits per heavy atom. The van der Waals surface area contributed by atoms with Crippen LogP contribution in [0.3, 0.4) is 0 Å². The highest BCUT2D eigenvalue weighted by atomic mass is 35.5. The minimum absolute atomic E-state index is 0.0883. The lowest BCUT2D eigenvalue weighted by atomic mass is 10.2. The van der Waals surface area contributed by atoms with Crippen molar-refractivity contribution < 1.29 is 22.2 Å². The fourth-order valence-electron chi connectivity index (χ4n) is 2.38. The summed E-state index contributed by atoms with van der Waals surface area (Å²) in [5.74, 6) is -0.502. The number of ether oxygens (including phenoxy) is 1. The largest absolute Gasteiger partial charge is 0.423 e. The molecule has 30 heavy (non-hydrogen) atoms. The zero-order valence-electron chi connectivity index (χ0n) is 15.0. The van der Waals surface area contributed by atoms with Crippen molar-refractivity contribution in [1.82, 2.24) is 0 Å². The molecule has 0 spiro atoms. The molecule has 1 atom stereocenters. The highest BCUT2D eigenvalue weighted by Gasteiger charge is 2.34. The molecule has 0 fully saturated rings. The Kier molecular flexibility index (Phi) is 6.81. The maximum atomic E-state index is 13.4. The molecule has 1 unspecified atom stereocenters. The van der Waals surface area contributed by atoms with E-state index in [-0.39, 0.29) is 29.8 Å². The predicted octanol–water partition coefficient (Wildman–Crippen LogP) is 5.77. The van der Waals surface area contributed by atoms with Crippen LogP contribution in [0, 0.1) is 0 Å². The summed E-state index contributed by atoms with van der Waals surface area (Å²) < 4.78 is 48.3. The van der Waals surface area contributed by atoms with Gasteiger partial charge in [0, 0.05) is 12.1 Å². The quantitative estimate of drug-likeness (QED) is 0.240. The van der Waals surface area contributed by atoms with Gasteiger partial charge >= 0.3 is 5.97 Å². The van der Waals surface area contributed by atoms with Gasteiger partial charge in [-0.2, -0.15) is 0 Å². The van der Waals surface area contributed by atoms with Crippen LogP contribution < -0.4 is 4.74 Å². The van der Waals surface area contributed by atoms with E-state index in [1.165, 1.54) is 36.4 Å². The van der Waals surface area contributed by atoms with Crippen molar-refractivity contribution in [3.05, 3.63) is 73.9 Å². The predicted molar refractivity (Wildman–Crippen MR) is 119 cm³/mol. The molecule has 158 valence electrons. The molecule has 0 aliphatic carbocycles. The van der Waals surface area contributed by atoms with Crippen molar-refractivity contribution in [3.63, 3.8) is 0 Å². The summed E-state index contributed by atoms with van der Waals surface area (Å²) in [5.41, 5.74) is 0.280. The molecule has 0 saturated carbocycles. The lowest BCUT2D eigenvalue weighted by molar-refractivity contribution is 0.0734. The van der Waals surface area contributed by atoms with Crippen molar-refractivity contribution in [2.75, 3.05) is 7.05 Å². The third kappa shape index (κ3) is 4.37. The summed E-state index contributed by atoms with van der Waals surface area (Å²) in [6.45, 7) is 0. The zero-order valence-corrected chi connectivity index (χ0v) is 19.8. The molecule has 1 aromatic heterocycles. The molecule has 0 aliphatic heterocycles. The molecule has 0 aliphatic rings. The van der Waals surface area contributed by atoms with Crippen LogP contribution >= 0.6 is 46.1 Å². The molecule has 0 bridgehead atoms. The summed E-state index contributed by atoms with van der Waals surface area (Å²) in [7, 11) is -7.27. The second kappa shape index (κ2) is 8.86. The van der Waals surface area contributed by atoms with Crippen LogP contribution in [-0.2, 0) is 17.6 Å². The first-order valence-electron chi connectivity index (χ1n) is 8.01. The Morgan fingerprint density at radius 3 is 2.07 bits per heavy atom. The van der Waals surface area contributed by atoms with Crippen molar-refractivity contribution in [1.29, 1.82) is 0 Å². The first-order chi connectivity index (χ1) is 14.1. The van der Waals surface area contributed by atoms with Crippen molar-refractivity contribution in [2.45, 2.75) is 9.79 Å². The molecular formula is C18H12Cl3NO5S3. The Bertz CT molecular complexity index is 1320. The Balaban J connectivity index is 1.92. The fourth-order valence-corrected chi connectivity index (χ4v) is 9.62. The average Bonchev–Trinajstić information content (AvgIpc) is 3.07. The number of thiophene rings is 1. The molecule has 0 amide bonds. The van der Waals surface area contributed by atoms with Crippen LogP contribution in [0.15, 0.2) is 68.8 Å². The van der Waals surface area contributed by atoms with Gasteiger partial charge in [-0.1, -0.05) is 34.8 Å². The maximum Gasteiger partial charge on any atom is 0.343 e. The Hall–Kier alpha value is -1.62. The molecule has 1 heterocycles. The molecule has 0 saturated heterocycles. The normalized spacial score (nSPS) is 13.5. The van der Waals surface area contributed by atoms with Gasteiger partial charge in [0.25, 0.3) is 8.87 Å². The van der Waals surface area contributed by atoms with E-state index in [2.05, 4.69) is 4.36 Å². The number of nitrogens with zero attached hydrogens (tertiary/aromatic N) is 1. The first kappa shape index (κ1) is 23.1. The van der Waals surface area contributed by atoms with Crippen LogP contribution in [-0.4, -0.2) is 25.6 Å². The SMILES string of the molecule is CN=S(=O)(c1ccc(OC(=O)c2ccc(Cl)cc2)cc1)S(=O)(=O)c1cc(Cl)sc1Cl. The first-order valence-corrected chi connectivity index (χ1v) is 13.5. The molecule has 3 aromatic rings. The monoisotopic (exact) mass is 523 g/mol. The molecule has 6 nitrogen and oxygen atoms in total. The minimum Gasteiger partial charge on any atom is -0.423 e. The van der Waals surface area contributed by atoms with Crippen LogP contribution in [0.25, 0.3) is 0 Å². The topological polar surface area (TPSA) is 89.9 Å². The van der Waals surface area contributed by atoms with Crippen molar-refractivity contribution in [2.24, 2.45) is 4.36 Å². The standard InChI is InChI=1S/C18H12Cl3NO5S3/c1-22-29(24,30(25,26)15-10-16(20)28-17(15)21)14-8-6-13(7-9-14)27-18(23)11-2-4-12(19)5-3-11/h2-10H,1H3. The number of halogens is 3. The van der Waals surface area contributed by atoms with E-state index in [0.717, 1.165) is 24.5 Å². The number of carbonyl (C=O) groups is 1. The number of rotatable bonds is 5. The zero-order chi connectivity index (χ0) is 22.1. The third-order valence-corrected chi connectivity index (χ3v) is 12.0. The highest BCUT2D eigenvalue weighted by Crippen LogP contribution is 2.39. The maximum absolute atomic E-state index is 13.4. The lowest BCUT2D eigenvalue weighted by Gasteiger charge is -2.11. The van der Waals surface area contributed by atoms with Gasteiger partial charge in [0.05, 0.1) is 14.8 Å². The second-order valence-corrected chi connectivity index (χ2v) is 14.2. The van der Waals surface area contributed by atoms with Gasteiger partial charge in [0.1, 0.15) is 15.0 Å². The molecule has 0 radical (unpaired) electrons. The van der Waals surface area contributed by atoms with E-state index in [1.807, 2.05) is 0 Å². The summed E-state index contributed by atoms with van der Waals surface area (Å²) in [6, 6.07) is 12.4. The summed E-state index contributed by atoms with van der Waals surface area (Å²) in [5, 5.41) is 0.474. The minimum atomic E-state index is -4.46. The van der Waals surface area contributed by atoms with Crippen molar-refractivity contribution >= 4 is 69.7 Å². The number of benzene rings is 2. The molecule has 0 N–H and O–H groups in total. The van der Waals surface area contributed by atoms with Gasteiger partial charge in [-0.3, -0.25) is 0 Å². The van der Waals surface area contributed by atoms with Crippen LogP contribution in [0.5, 0.6) is 5.75 Å². The van der Waals surface area contributed by atoms with Crippen LogP contribution in [0.2, 0.25) is 13.7 Å². The summed E-state index contributed by atoms with van der Waals surface area (Å²) >= 11 is 18.4. The molecule has 12 heteroatoms. The van der Waals surface area contributed by atoms with Gasteiger partial charge in [-0.05, 0) is 54.6 Å². The highest BCUT2D eigenvalue weighted by molar-refractivity contribution is 8.68. The lowest BCUT2D eigenvalue weighted by Crippen LogP contribution is -2.16. The number of hydrogen-bond donors (Lipinski definition) is 0. The second-order valence-electron chi connectivity index (χ2n) is 5.67. The average molecular weight is 525 g/mol. The van der Waals surface area contributed by atoms with E-state index in [4.69, 9.17) is 39.5 Å². The molecular weight excluding hydrogens is 513 g/mol. The molecule has 3 rings (SSSR count). The van der Waals surface area contributed by atoms with Crippen LogP contribution in [0.4, 0.5) is 0 Å². The smallest absolute Gasteiger partial charge is 0.343 e. The van der Waals surface area contributed by atoms with Gasteiger partial charge in [-0.25, -0.2) is 21.8 Å². The van der Waals surface area contributed by atoms with Gasteiger partial charge < -0.3 is 4.74 Å². The van der Waals surface area contributed by atoms with Gasteiger partial charge in [-0.15, -0.1) is 11.3 Å². The van der Waals surface area contributed by atoms with Crippen molar-refractivity contribution in [3.8, 4) is 5.75 Å². The van der Waals surface area contributed by atoms with Gasteiger partial charge in [0.2, 0.25) is 0 Å². The summed E-state index contributed by atoms with van der Waals surface area (Å²) in [6.07, 6.45) is 0.